The van der Waals surface area contributed by atoms with E-state index in [2.05, 4.69) is 50.2 Å². The van der Waals surface area contributed by atoms with E-state index >= 15 is 0 Å². The molecule has 0 unspecified atom stereocenters. The van der Waals surface area contributed by atoms with Gasteiger partial charge >= 0.3 is 0 Å². The molecule has 0 bridgehead atoms. The molecular formula is C18H20N+. The molecule has 2 aliphatic heterocycles. The summed E-state index contributed by atoms with van der Waals surface area (Å²) in [5, 5.41) is 0. The third kappa shape index (κ3) is 1.73. The molecule has 0 radical (unpaired) electrons. The van der Waals surface area contributed by atoms with Crippen molar-refractivity contribution < 1.29 is 4.48 Å². The number of benzene rings is 2. The van der Waals surface area contributed by atoms with Gasteiger partial charge in [-0.05, 0) is 26.0 Å². The van der Waals surface area contributed by atoms with Gasteiger partial charge in [-0.25, -0.2) is 0 Å². The van der Waals surface area contributed by atoms with Crippen LogP contribution < -0.4 is 0 Å². The smallest absolute Gasteiger partial charge is 0.106 e. The molecule has 0 saturated carbocycles. The van der Waals surface area contributed by atoms with E-state index in [0.717, 1.165) is 0 Å². The average molecular weight is 250 g/mol. The quantitative estimate of drug-likeness (QED) is 0.623. The Hall–Kier alpha value is -1.60. The van der Waals surface area contributed by atoms with Gasteiger partial charge in [0, 0.05) is 22.3 Å². The summed E-state index contributed by atoms with van der Waals surface area (Å²) in [6.45, 7) is 9.25. The summed E-state index contributed by atoms with van der Waals surface area (Å²) in [4.78, 5) is 0. The summed E-state index contributed by atoms with van der Waals surface area (Å²) in [5.41, 5.74) is 9.07. The Morgan fingerprint density at radius 3 is 1.53 bits per heavy atom. The summed E-state index contributed by atoms with van der Waals surface area (Å²) in [5.74, 6) is 0. The molecule has 96 valence electrons. The van der Waals surface area contributed by atoms with Crippen molar-refractivity contribution in [3.63, 3.8) is 0 Å². The van der Waals surface area contributed by atoms with Crippen LogP contribution in [-0.4, -0.2) is 4.48 Å². The molecule has 1 nitrogen and oxygen atoms in total. The summed E-state index contributed by atoms with van der Waals surface area (Å²) < 4.78 is 1.22. The Bertz CT molecular complexity index is 610. The van der Waals surface area contributed by atoms with Gasteiger partial charge in [0.05, 0.1) is 0 Å². The summed E-state index contributed by atoms with van der Waals surface area (Å²) in [6.07, 6.45) is 0. The van der Waals surface area contributed by atoms with E-state index in [9.17, 15) is 0 Å². The van der Waals surface area contributed by atoms with Gasteiger partial charge in [0.25, 0.3) is 0 Å². The van der Waals surface area contributed by atoms with Crippen LogP contribution in [0.25, 0.3) is 0 Å². The first-order chi connectivity index (χ1) is 9.13. The van der Waals surface area contributed by atoms with Crippen molar-refractivity contribution in [1.29, 1.82) is 0 Å². The van der Waals surface area contributed by atoms with Crippen LogP contribution in [0.3, 0.4) is 0 Å². The second-order valence-corrected chi connectivity index (χ2v) is 6.52. The lowest BCUT2D eigenvalue weighted by atomic mass is 10.1. The number of hydrogen-bond acceptors (Lipinski definition) is 0. The van der Waals surface area contributed by atoms with E-state index in [1.54, 1.807) is 22.3 Å². The Labute approximate surface area is 115 Å². The number of fused-ring (bicyclic) bond motifs is 2. The third-order valence-electron chi connectivity index (χ3n) is 4.75. The van der Waals surface area contributed by atoms with E-state index in [1.165, 1.54) is 41.8 Å². The standard InChI is InChI=1S/C18H20N/c1-13-3-5-15-9-19(11-17(15)7-13)10-16-6-4-14(2)8-18(16)12-19/h3-8H,9-12H2,1-2H3/q+1. The normalized spacial score (nSPS) is 18.6. The van der Waals surface area contributed by atoms with Crippen molar-refractivity contribution in [3.8, 4) is 0 Å². The fraction of sp³-hybridized carbons (Fsp3) is 0.333. The summed E-state index contributed by atoms with van der Waals surface area (Å²) >= 11 is 0. The molecule has 2 heterocycles. The maximum Gasteiger partial charge on any atom is 0.106 e. The molecule has 2 aliphatic rings. The van der Waals surface area contributed by atoms with Gasteiger partial charge < -0.3 is 4.48 Å². The first-order valence-electron chi connectivity index (χ1n) is 7.16. The van der Waals surface area contributed by atoms with Crippen LogP contribution in [-0.2, 0) is 26.2 Å². The highest BCUT2D eigenvalue weighted by molar-refractivity contribution is 5.36. The van der Waals surface area contributed by atoms with Gasteiger partial charge in [-0.1, -0.05) is 35.4 Å². The maximum absolute atomic E-state index is 2.39. The minimum Gasteiger partial charge on any atom is -0.309 e. The van der Waals surface area contributed by atoms with Crippen LogP contribution in [0.15, 0.2) is 36.4 Å². The van der Waals surface area contributed by atoms with Crippen LogP contribution in [0, 0.1) is 13.8 Å². The van der Waals surface area contributed by atoms with Crippen LogP contribution in [0.4, 0.5) is 0 Å². The van der Waals surface area contributed by atoms with E-state index in [4.69, 9.17) is 0 Å². The maximum atomic E-state index is 2.39. The van der Waals surface area contributed by atoms with Gasteiger partial charge in [-0.2, -0.15) is 0 Å². The molecule has 0 fully saturated rings. The molecule has 1 heteroatoms. The highest BCUT2D eigenvalue weighted by Gasteiger charge is 2.41. The monoisotopic (exact) mass is 250 g/mol. The highest BCUT2D eigenvalue weighted by atomic mass is 15.4. The predicted molar refractivity (Wildman–Crippen MR) is 77.4 cm³/mol. The van der Waals surface area contributed by atoms with E-state index in [1.807, 2.05) is 0 Å². The van der Waals surface area contributed by atoms with Gasteiger partial charge in [-0.3, -0.25) is 0 Å². The number of rotatable bonds is 0. The molecule has 0 aliphatic carbocycles. The molecule has 19 heavy (non-hydrogen) atoms. The Morgan fingerprint density at radius 2 is 1.05 bits per heavy atom. The van der Waals surface area contributed by atoms with Crippen molar-refractivity contribution in [2.24, 2.45) is 0 Å². The zero-order valence-electron chi connectivity index (χ0n) is 11.7. The summed E-state index contributed by atoms with van der Waals surface area (Å²) in [7, 11) is 0. The molecule has 1 spiro atoms. The number of aryl methyl sites for hydroxylation is 2. The molecule has 0 aromatic heterocycles. The number of nitrogens with zero attached hydrogens (tertiary/aromatic N) is 1. The Kier molecular flexibility index (Phi) is 2.19. The first kappa shape index (κ1) is 11.2. The van der Waals surface area contributed by atoms with Gasteiger partial charge in [-0.15, -0.1) is 0 Å². The molecule has 0 saturated heterocycles. The van der Waals surface area contributed by atoms with Crippen molar-refractivity contribution in [2.75, 3.05) is 0 Å². The lowest BCUT2D eigenvalue weighted by molar-refractivity contribution is -0.966. The molecule has 2 aromatic rings. The van der Waals surface area contributed by atoms with Crippen molar-refractivity contribution >= 4 is 0 Å². The Morgan fingerprint density at radius 1 is 0.632 bits per heavy atom. The van der Waals surface area contributed by atoms with Crippen molar-refractivity contribution in [1.82, 2.24) is 0 Å². The van der Waals surface area contributed by atoms with Gasteiger partial charge in [0.15, 0.2) is 0 Å². The zero-order valence-corrected chi connectivity index (χ0v) is 11.7. The molecule has 0 N–H and O–H groups in total. The largest absolute Gasteiger partial charge is 0.309 e. The molecule has 0 atom stereocenters. The fourth-order valence-corrected chi connectivity index (χ4v) is 3.89. The number of hydrogen-bond donors (Lipinski definition) is 0. The lowest BCUT2D eigenvalue weighted by Crippen LogP contribution is -2.36. The fourth-order valence-electron chi connectivity index (χ4n) is 3.89. The SMILES string of the molecule is Cc1ccc2c(c1)C[N+]1(C2)Cc2ccc(C)cc2C1. The molecular weight excluding hydrogens is 230 g/mol. The second kappa shape index (κ2) is 3.71. The predicted octanol–water partition coefficient (Wildman–Crippen LogP) is 3.85. The number of quaternary nitrogens is 1. The van der Waals surface area contributed by atoms with Gasteiger partial charge in [0.2, 0.25) is 0 Å². The summed E-state index contributed by atoms with van der Waals surface area (Å²) in [6, 6.07) is 14.0. The highest BCUT2D eigenvalue weighted by Crippen LogP contribution is 2.40. The zero-order chi connectivity index (χ0) is 13.0. The van der Waals surface area contributed by atoms with Crippen LogP contribution in [0.1, 0.15) is 33.4 Å². The van der Waals surface area contributed by atoms with E-state index in [0.29, 0.717) is 0 Å². The third-order valence-corrected chi connectivity index (χ3v) is 4.75. The molecule has 2 aromatic carbocycles. The lowest BCUT2D eigenvalue weighted by Gasteiger charge is -2.28. The van der Waals surface area contributed by atoms with E-state index < -0.39 is 0 Å². The minimum absolute atomic E-state index is 1.21. The van der Waals surface area contributed by atoms with Crippen LogP contribution in [0.5, 0.6) is 0 Å². The molecule has 0 amide bonds. The Balaban J connectivity index is 1.70. The van der Waals surface area contributed by atoms with Crippen molar-refractivity contribution in [2.45, 2.75) is 40.0 Å². The minimum atomic E-state index is 1.21. The topological polar surface area (TPSA) is 0 Å². The first-order valence-corrected chi connectivity index (χ1v) is 7.16. The van der Waals surface area contributed by atoms with Crippen molar-refractivity contribution in [3.05, 3.63) is 69.8 Å². The average Bonchev–Trinajstić information content (AvgIpc) is 2.87. The van der Waals surface area contributed by atoms with Crippen LogP contribution >= 0.6 is 0 Å². The molecule has 4 rings (SSSR count). The van der Waals surface area contributed by atoms with E-state index in [-0.39, 0.29) is 0 Å². The second-order valence-electron chi connectivity index (χ2n) is 6.52. The van der Waals surface area contributed by atoms with Gasteiger partial charge in [0.1, 0.15) is 26.2 Å². The van der Waals surface area contributed by atoms with Crippen LogP contribution in [0.2, 0.25) is 0 Å².